The standard InChI is InChI=1S/C50H60N8O8/c1-29-35-11-8-34(38-27-52-47(54-38)41-7-5-19-58(41)48(59)45(56-50(61)63-3)31-16-22-65-23-17-31)25-43(35)66-42-13-10-32-24-33(9-12-36(32)44(29)42)37-26-51-46(53-37)40-6-4-18-57(40)28-39(55-49(60)62-2)30-14-20-64-21-15-30/h8-13,24-27,29-31,39-41,45H,4-7,14-23,28H2,1-3H3,(H,51,53)(H,52,54)(H,55,60)(H,56,61)/t29-,39+,40-,41-,45-/m0/s1. The third-order valence-electron chi connectivity index (χ3n) is 14.7. The number of H-pyrrole nitrogens is 2. The van der Waals surface area contributed by atoms with Crippen molar-refractivity contribution in [3.63, 3.8) is 0 Å². The first-order valence-electron chi connectivity index (χ1n) is 23.6. The summed E-state index contributed by atoms with van der Waals surface area (Å²) in [5, 5.41) is 8.23. The van der Waals surface area contributed by atoms with E-state index < -0.39 is 18.2 Å². The van der Waals surface area contributed by atoms with E-state index >= 15 is 0 Å². The highest BCUT2D eigenvalue weighted by Gasteiger charge is 2.40. The molecule has 4 saturated heterocycles. The normalized spacial score (nSPS) is 22.3. The Morgan fingerprint density at radius 1 is 0.742 bits per heavy atom. The number of rotatable bonds is 11. The molecule has 0 radical (unpaired) electrons. The zero-order chi connectivity index (χ0) is 45.3. The molecule has 3 amide bonds. The Labute approximate surface area is 384 Å². The molecule has 66 heavy (non-hydrogen) atoms. The second kappa shape index (κ2) is 19.1. The maximum absolute atomic E-state index is 14.1. The second-order valence-electron chi connectivity index (χ2n) is 18.5. The van der Waals surface area contributed by atoms with Crippen LogP contribution in [0.1, 0.15) is 99.1 Å². The van der Waals surface area contributed by atoms with E-state index in [1.165, 1.54) is 14.2 Å². The van der Waals surface area contributed by atoms with E-state index in [4.69, 9.17) is 33.7 Å². The molecule has 4 N–H and O–H groups in total. The van der Waals surface area contributed by atoms with Gasteiger partial charge in [-0.2, -0.15) is 0 Å². The number of ether oxygens (including phenoxy) is 5. The number of hydrogen-bond donors (Lipinski definition) is 4. The van der Waals surface area contributed by atoms with Gasteiger partial charge in [0.25, 0.3) is 0 Å². The quantitative estimate of drug-likeness (QED) is 0.101. The lowest BCUT2D eigenvalue weighted by molar-refractivity contribution is -0.136. The number of carbonyl (C=O) groups excluding carboxylic acids is 3. The van der Waals surface area contributed by atoms with E-state index in [-0.39, 0.29) is 35.9 Å². The van der Waals surface area contributed by atoms with Crippen LogP contribution < -0.4 is 15.4 Å². The lowest BCUT2D eigenvalue weighted by Gasteiger charge is -2.34. The third kappa shape index (κ3) is 8.73. The summed E-state index contributed by atoms with van der Waals surface area (Å²) in [6.07, 6.45) is 9.65. The van der Waals surface area contributed by atoms with Crippen molar-refractivity contribution in [1.82, 2.24) is 40.4 Å². The lowest BCUT2D eigenvalue weighted by atomic mass is 9.85. The first kappa shape index (κ1) is 43.9. The van der Waals surface area contributed by atoms with Crippen molar-refractivity contribution in [1.29, 1.82) is 0 Å². The summed E-state index contributed by atoms with van der Waals surface area (Å²) in [5.74, 6) is 3.57. The monoisotopic (exact) mass is 900 g/mol. The van der Waals surface area contributed by atoms with Crippen LogP contribution in [0.3, 0.4) is 0 Å². The van der Waals surface area contributed by atoms with Gasteiger partial charge in [-0.1, -0.05) is 37.3 Å². The summed E-state index contributed by atoms with van der Waals surface area (Å²) in [6, 6.07) is 16.3. The van der Waals surface area contributed by atoms with E-state index in [0.717, 1.165) is 119 Å². The summed E-state index contributed by atoms with van der Waals surface area (Å²) in [5.41, 5.74) is 6.07. The van der Waals surface area contributed by atoms with Crippen LogP contribution in [0, 0.1) is 11.8 Å². The maximum Gasteiger partial charge on any atom is 0.407 e. The maximum atomic E-state index is 14.1. The summed E-state index contributed by atoms with van der Waals surface area (Å²) < 4.78 is 27.8. The number of amides is 3. The second-order valence-corrected chi connectivity index (χ2v) is 18.5. The molecule has 16 nitrogen and oxygen atoms in total. The number of methoxy groups -OCH3 is 2. The Hall–Kier alpha value is -5.97. The van der Waals surface area contributed by atoms with E-state index in [2.05, 4.69) is 81.0 Å². The van der Waals surface area contributed by atoms with Gasteiger partial charge in [-0.3, -0.25) is 9.69 Å². The number of aromatic nitrogens is 4. The molecular formula is C50H60N8O8. The SMILES string of the molecule is COC(=O)N[C@H](C(=O)N1CCC[C@H]1c1ncc(-c2ccc3c(c2)Oc2ccc4cc(-c5cnc([C@@H]6CCCN6C[C@@H](NC(=O)OC)C6CCOCC6)[nH]5)ccc4c2[C@H]3C)[nH]1)C1CCOCC1. The molecule has 5 aliphatic heterocycles. The molecule has 2 aromatic heterocycles. The molecule has 0 aliphatic carbocycles. The first-order valence-corrected chi connectivity index (χ1v) is 23.6. The Balaban J connectivity index is 0.834. The molecule has 0 saturated carbocycles. The topological polar surface area (TPSA) is 185 Å². The molecule has 5 aliphatic rings. The zero-order valence-corrected chi connectivity index (χ0v) is 38.0. The molecule has 348 valence electrons. The number of likely N-dealkylation sites (tertiary alicyclic amines) is 2. The number of imidazole rings is 2. The summed E-state index contributed by atoms with van der Waals surface area (Å²) in [7, 11) is 2.73. The average Bonchev–Trinajstić information content (AvgIpc) is 4.21. The van der Waals surface area contributed by atoms with Crippen LogP contribution in [0.25, 0.3) is 33.3 Å². The fourth-order valence-corrected chi connectivity index (χ4v) is 11.1. The molecular weight excluding hydrogens is 841 g/mol. The smallest absolute Gasteiger partial charge is 0.407 e. The van der Waals surface area contributed by atoms with Crippen molar-refractivity contribution in [2.75, 3.05) is 60.3 Å². The van der Waals surface area contributed by atoms with E-state index in [1.807, 2.05) is 17.3 Å². The van der Waals surface area contributed by atoms with Gasteiger partial charge >= 0.3 is 12.2 Å². The molecule has 4 fully saturated rings. The van der Waals surface area contributed by atoms with Gasteiger partial charge in [0, 0.05) is 73.7 Å². The van der Waals surface area contributed by atoms with E-state index in [0.29, 0.717) is 51.7 Å². The number of aromatic amines is 2. The molecule has 10 rings (SSSR count). The van der Waals surface area contributed by atoms with Crippen molar-refractivity contribution in [2.24, 2.45) is 11.8 Å². The number of nitrogens with zero attached hydrogens (tertiary/aromatic N) is 4. The van der Waals surface area contributed by atoms with Crippen LogP contribution >= 0.6 is 0 Å². The largest absolute Gasteiger partial charge is 0.457 e. The predicted octanol–water partition coefficient (Wildman–Crippen LogP) is 7.98. The van der Waals surface area contributed by atoms with Gasteiger partial charge in [-0.05, 0) is 98.7 Å². The van der Waals surface area contributed by atoms with Crippen molar-refractivity contribution in [3.8, 4) is 34.0 Å². The number of fused-ring (bicyclic) bond motifs is 4. The third-order valence-corrected chi connectivity index (χ3v) is 14.7. The summed E-state index contributed by atoms with van der Waals surface area (Å²) in [6.45, 7) is 7.04. The van der Waals surface area contributed by atoms with Crippen LogP contribution in [0.4, 0.5) is 9.59 Å². The van der Waals surface area contributed by atoms with Gasteiger partial charge in [-0.15, -0.1) is 0 Å². The summed E-state index contributed by atoms with van der Waals surface area (Å²) >= 11 is 0. The Bertz CT molecular complexity index is 2560. The molecule has 3 aromatic carbocycles. The highest BCUT2D eigenvalue weighted by atomic mass is 16.5. The molecule has 0 spiro atoms. The van der Waals surface area contributed by atoms with E-state index in [1.54, 1.807) is 0 Å². The predicted molar refractivity (Wildman–Crippen MR) is 246 cm³/mol. The molecule has 0 bridgehead atoms. The number of alkyl carbamates (subject to hydrolysis) is 2. The molecule has 7 heterocycles. The van der Waals surface area contributed by atoms with Crippen LogP contribution in [0.15, 0.2) is 60.9 Å². The number of hydrogen-bond acceptors (Lipinski definition) is 11. The number of carbonyl (C=O) groups is 3. The van der Waals surface area contributed by atoms with Gasteiger partial charge in [0.1, 0.15) is 29.2 Å². The molecule has 0 unspecified atom stereocenters. The molecule has 16 heteroatoms. The van der Waals surface area contributed by atoms with Gasteiger partial charge in [0.2, 0.25) is 5.91 Å². The van der Waals surface area contributed by atoms with Gasteiger partial charge < -0.3 is 49.2 Å². The Morgan fingerprint density at radius 3 is 2.11 bits per heavy atom. The minimum absolute atomic E-state index is 0.0255. The van der Waals surface area contributed by atoms with Gasteiger partial charge in [0.15, 0.2) is 0 Å². The first-order chi connectivity index (χ1) is 32.3. The Kier molecular flexibility index (Phi) is 12.7. The van der Waals surface area contributed by atoms with Gasteiger partial charge in [-0.25, -0.2) is 19.6 Å². The fourth-order valence-electron chi connectivity index (χ4n) is 11.1. The fraction of sp³-hybridized carbons (Fsp3) is 0.500. The van der Waals surface area contributed by atoms with Crippen LogP contribution in [-0.2, 0) is 23.7 Å². The lowest BCUT2D eigenvalue weighted by Crippen LogP contribution is -2.53. The Morgan fingerprint density at radius 2 is 1.38 bits per heavy atom. The van der Waals surface area contributed by atoms with Crippen LogP contribution in [0.2, 0.25) is 0 Å². The minimum atomic E-state index is -0.691. The van der Waals surface area contributed by atoms with Crippen molar-refractivity contribution in [3.05, 3.63) is 83.7 Å². The highest BCUT2D eigenvalue weighted by Crippen LogP contribution is 2.48. The average molecular weight is 901 g/mol. The van der Waals surface area contributed by atoms with Crippen LogP contribution in [0.5, 0.6) is 11.5 Å². The van der Waals surface area contributed by atoms with Crippen molar-refractivity contribution in [2.45, 2.75) is 88.4 Å². The van der Waals surface area contributed by atoms with Crippen LogP contribution in [-0.4, -0.2) is 120 Å². The number of benzene rings is 3. The van der Waals surface area contributed by atoms with Crippen molar-refractivity contribution < 1.29 is 38.1 Å². The summed E-state index contributed by atoms with van der Waals surface area (Å²) in [4.78, 5) is 60.0. The van der Waals surface area contributed by atoms with E-state index in [9.17, 15) is 14.4 Å². The molecule has 5 aromatic rings. The molecule has 5 atom stereocenters. The zero-order valence-electron chi connectivity index (χ0n) is 38.0. The number of nitrogens with one attached hydrogen (secondary N) is 4. The van der Waals surface area contributed by atoms with Gasteiger partial charge in [0.05, 0.1) is 50.1 Å². The highest BCUT2D eigenvalue weighted by molar-refractivity contribution is 5.93. The van der Waals surface area contributed by atoms with Crippen molar-refractivity contribution >= 4 is 28.9 Å². The minimum Gasteiger partial charge on any atom is -0.457 e.